The SMILES string of the molecule is CC(C)c1c(/C=C/C(O)CC(=O)CC(=O)O)c(-c2ccc(F)cc2)nn2c(Cl)ccc12. The van der Waals surface area contributed by atoms with Gasteiger partial charge in [-0.2, -0.15) is 5.10 Å². The average molecular weight is 445 g/mol. The van der Waals surface area contributed by atoms with Gasteiger partial charge >= 0.3 is 5.97 Å². The molecule has 6 nitrogen and oxygen atoms in total. The first-order valence-corrected chi connectivity index (χ1v) is 10.1. The molecule has 3 aromatic rings. The van der Waals surface area contributed by atoms with Crippen LogP contribution in [-0.2, 0) is 9.59 Å². The summed E-state index contributed by atoms with van der Waals surface area (Å²) in [5.41, 5.74) is 3.61. The van der Waals surface area contributed by atoms with E-state index in [1.807, 2.05) is 19.9 Å². The van der Waals surface area contributed by atoms with Gasteiger partial charge in [-0.15, -0.1) is 0 Å². The molecule has 8 heteroatoms. The summed E-state index contributed by atoms with van der Waals surface area (Å²) in [6.07, 6.45) is 1.01. The van der Waals surface area contributed by atoms with Crippen LogP contribution in [0.4, 0.5) is 4.39 Å². The number of aliphatic hydroxyl groups is 1. The number of ketones is 1. The predicted octanol–water partition coefficient (Wildman–Crippen LogP) is 4.73. The lowest BCUT2D eigenvalue weighted by Crippen LogP contribution is -2.14. The van der Waals surface area contributed by atoms with Gasteiger partial charge in [0, 0.05) is 17.5 Å². The molecule has 2 N–H and O–H groups in total. The molecule has 3 rings (SSSR count). The van der Waals surface area contributed by atoms with Crippen molar-refractivity contribution in [2.24, 2.45) is 0 Å². The lowest BCUT2D eigenvalue weighted by atomic mass is 9.93. The first-order valence-electron chi connectivity index (χ1n) is 9.74. The molecule has 0 saturated carbocycles. The zero-order valence-corrected chi connectivity index (χ0v) is 17.8. The van der Waals surface area contributed by atoms with Gasteiger partial charge in [-0.25, -0.2) is 8.91 Å². The number of carbonyl (C=O) groups excluding carboxylic acids is 1. The number of rotatable bonds is 8. The van der Waals surface area contributed by atoms with E-state index in [2.05, 4.69) is 5.10 Å². The number of fused-ring (bicyclic) bond motifs is 1. The van der Waals surface area contributed by atoms with Crippen LogP contribution in [0.25, 0.3) is 22.9 Å². The lowest BCUT2D eigenvalue weighted by Gasteiger charge is -2.17. The van der Waals surface area contributed by atoms with Gasteiger partial charge in [0.25, 0.3) is 0 Å². The number of carboxylic acid groups (broad SMARTS) is 1. The number of hydrogen-bond donors (Lipinski definition) is 2. The van der Waals surface area contributed by atoms with Crippen LogP contribution in [0.2, 0.25) is 5.15 Å². The second kappa shape index (κ2) is 9.41. The molecule has 0 aliphatic carbocycles. The summed E-state index contributed by atoms with van der Waals surface area (Å²) in [6, 6.07) is 9.46. The summed E-state index contributed by atoms with van der Waals surface area (Å²) in [5, 5.41) is 24.0. The number of hydrogen-bond acceptors (Lipinski definition) is 4. The lowest BCUT2D eigenvalue weighted by molar-refractivity contribution is -0.140. The van der Waals surface area contributed by atoms with Crippen LogP contribution < -0.4 is 0 Å². The van der Waals surface area contributed by atoms with E-state index in [1.54, 1.807) is 28.8 Å². The molecule has 1 aromatic carbocycles. The molecule has 2 aromatic heterocycles. The normalized spacial score (nSPS) is 12.7. The van der Waals surface area contributed by atoms with Crippen molar-refractivity contribution < 1.29 is 24.2 Å². The minimum Gasteiger partial charge on any atom is -0.481 e. The van der Waals surface area contributed by atoms with Crippen molar-refractivity contribution >= 4 is 34.9 Å². The van der Waals surface area contributed by atoms with Crippen molar-refractivity contribution in [3.8, 4) is 11.3 Å². The molecule has 1 unspecified atom stereocenters. The van der Waals surface area contributed by atoms with Gasteiger partial charge in [-0.1, -0.05) is 37.6 Å². The highest BCUT2D eigenvalue weighted by molar-refractivity contribution is 6.30. The van der Waals surface area contributed by atoms with Crippen LogP contribution in [0, 0.1) is 5.82 Å². The molecule has 1 atom stereocenters. The van der Waals surface area contributed by atoms with E-state index in [1.165, 1.54) is 18.2 Å². The fraction of sp³-hybridized carbons (Fsp3) is 0.261. The molecule has 0 saturated heterocycles. The van der Waals surface area contributed by atoms with Crippen LogP contribution >= 0.6 is 11.6 Å². The Balaban J connectivity index is 2.12. The number of aromatic nitrogens is 2. The van der Waals surface area contributed by atoms with Gasteiger partial charge < -0.3 is 10.2 Å². The molecule has 0 aliphatic rings. The first kappa shape index (κ1) is 22.7. The number of aliphatic carboxylic acids is 1. The molecule has 0 bridgehead atoms. The topological polar surface area (TPSA) is 91.9 Å². The van der Waals surface area contributed by atoms with Gasteiger partial charge in [-0.05, 0) is 47.9 Å². The van der Waals surface area contributed by atoms with Gasteiger partial charge in [0.2, 0.25) is 0 Å². The Hall–Kier alpha value is -3.03. The summed E-state index contributed by atoms with van der Waals surface area (Å²) in [7, 11) is 0. The molecule has 162 valence electrons. The standard InChI is InChI=1S/C23H22ClFN2O4/c1-13(2)22-18(8-7-16(28)11-17(29)12-21(30)31)23(14-3-5-15(25)6-4-14)26-27-19(22)9-10-20(27)24/h3-10,13,16,28H,11-12H2,1-2H3,(H,30,31)/b8-7+. The van der Waals surface area contributed by atoms with Crippen molar-refractivity contribution in [2.75, 3.05) is 0 Å². The van der Waals surface area contributed by atoms with Crippen molar-refractivity contribution in [2.45, 2.75) is 38.7 Å². The van der Waals surface area contributed by atoms with Crippen LogP contribution in [0.3, 0.4) is 0 Å². The second-order valence-corrected chi connectivity index (χ2v) is 7.92. The Morgan fingerprint density at radius 1 is 1.19 bits per heavy atom. The van der Waals surface area contributed by atoms with Gasteiger partial charge in [0.15, 0.2) is 0 Å². The molecule has 31 heavy (non-hydrogen) atoms. The van der Waals surface area contributed by atoms with E-state index >= 15 is 0 Å². The minimum absolute atomic E-state index is 0.0566. The van der Waals surface area contributed by atoms with E-state index in [0.29, 0.717) is 22.0 Å². The zero-order valence-electron chi connectivity index (χ0n) is 17.0. The van der Waals surface area contributed by atoms with Gasteiger partial charge in [0.05, 0.1) is 17.3 Å². The Bertz CT molecular complexity index is 1150. The molecular weight excluding hydrogens is 423 g/mol. The highest BCUT2D eigenvalue weighted by atomic mass is 35.5. The predicted molar refractivity (Wildman–Crippen MR) is 117 cm³/mol. The number of Topliss-reactive ketones (excluding diaryl/α,β-unsaturated/α-hetero) is 1. The van der Waals surface area contributed by atoms with Crippen LogP contribution in [-0.4, -0.2) is 37.7 Å². The minimum atomic E-state index is -1.23. The van der Waals surface area contributed by atoms with E-state index < -0.39 is 24.3 Å². The van der Waals surface area contributed by atoms with Crippen LogP contribution in [0.5, 0.6) is 0 Å². The zero-order chi connectivity index (χ0) is 22.7. The maximum Gasteiger partial charge on any atom is 0.310 e. The Morgan fingerprint density at radius 2 is 1.87 bits per heavy atom. The summed E-state index contributed by atoms with van der Waals surface area (Å²) >= 11 is 6.31. The third-order valence-corrected chi connectivity index (χ3v) is 5.08. The van der Waals surface area contributed by atoms with Gasteiger partial charge in [-0.3, -0.25) is 9.59 Å². The Kier molecular flexibility index (Phi) is 6.87. The third-order valence-electron chi connectivity index (χ3n) is 4.80. The van der Waals surface area contributed by atoms with E-state index in [0.717, 1.165) is 11.1 Å². The molecule has 0 amide bonds. The van der Waals surface area contributed by atoms with Crippen molar-refractivity contribution in [1.29, 1.82) is 0 Å². The fourth-order valence-corrected chi connectivity index (χ4v) is 3.67. The molecular formula is C23H22ClFN2O4. The van der Waals surface area contributed by atoms with Crippen molar-refractivity contribution in [3.05, 3.63) is 64.6 Å². The van der Waals surface area contributed by atoms with E-state index in [-0.39, 0.29) is 18.2 Å². The number of benzene rings is 1. The fourth-order valence-electron chi connectivity index (χ4n) is 3.47. The Labute approximate surface area is 183 Å². The van der Waals surface area contributed by atoms with Crippen molar-refractivity contribution in [3.63, 3.8) is 0 Å². The summed E-state index contributed by atoms with van der Waals surface area (Å²) in [5.74, 6) is -2.13. The molecule has 0 fully saturated rings. The number of carboxylic acids is 1. The summed E-state index contributed by atoms with van der Waals surface area (Å²) in [4.78, 5) is 22.4. The maximum atomic E-state index is 13.5. The number of aliphatic hydroxyl groups excluding tert-OH is 1. The highest BCUT2D eigenvalue weighted by Crippen LogP contribution is 2.34. The average Bonchev–Trinajstić information content (AvgIpc) is 3.05. The molecule has 0 aliphatic heterocycles. The smallest absolute Gasteiger partial charge is 0.310 e. The van der Waals surface area contributed by atoms with Crippen molar-refractivity contribution in [1.82, 2.24) is 9.61 Å². The highest BCUT2D eigenvalue weighted by Gasteiger charge is 2.20. The third kappa shape index (κ3) is 5.18. The van der Waals surface area contributed by atoms with E-state index in [9.17, 15) is 19.1 Å². The van der Waals surface area contributed by atoms with E-state index in [4.69, 9.17) is 16.7 Å². The Morgan fingerprint density at radius 3 is 2.48 bits per heavy atom. The molecule has 0 radical (unpaired) electrons. The maximum absolute atomic E-state index is 13.5. The first-order chi connectivity index (χ1) is 14.7. The molecule has 0 spiro atoms. The van der Waals surface area contributed by atoms with Crippen LogP contribution in [0.1, 0.15) is 43.7 Å². The van der Waals surface area contributed by atoms with Gasteiger partial charge in [0.1, 0.15) is 23.2 Å². The van der Waals surface area contributed by atoms with Crippen LogP contribution in [0.15, 0.2) is 42.5 Å². The summed E-state index contributed by atoms with van der Waals surface area (Å²) in [6.45, 7) is 4.02. The second-order valence-electron chi connectivity index (χ2n) is 7.53. The number of carbonyl (C=O) groups is 2. The number of halogens is 2. The summed E-state index contributed by atoms with van der Waals surface area (Å²) < 4.78 is 15.1. The number of nitrogens with zero attached hydrogens (tertiary/aromatic N) is 2. The quantitative estimate of drug-likeness (QED) is 0.490. The molecule has 2 heterocycles. The monoisotopic (exact) mass is 444 g/mol. The largest absolute Gasteiger partial charge is 0.481 e.